The predicted octanol–water partition coefficient (Wildman–Crippen LogP) is 3.68. The summed E-state index contributed by atoms with van der Waals surface area (Å²) < 4.78 is 5.35. The summed E-state index contributed by atoms with van der Waals surface area (Å²) in [4.78, 5) is 17.1. The Morgan fingerprint density at radius 2 is 2.00 bits per heavy atom. The number of hydrogen-bond acceptors (Lipinski definition) is 4. The summed E-state index contributed by atoms with van der Waals surface area (Å²) in [6.45, 7) is 2.54. The molecule has 138 valence electrons. The van der Waals surface area contributed by atoms with Crippen molar-refractivity contribution in [3.05, 3.63) is 53.4 Å². The maximum Gasteiger partial charge on any atom is 0.276 e. The minimum atomic E-state index is 0.0204. The summed E-state index contributed by atoms with van der Waals surface area (Å²) in [6, 6.07) is 12.9. The van der Waals surface area contributed by atoms with Crippen molar-refractivity contribution >= 4 is 5.91 Å². The van der Waals surface area contributed by atoms with Gasteiger partial charge in [-0.05, 0) is 44.7 Å². The average Bonchev–Trinajstić information content (AvgIpc) is 3.44. The van der Waals surface area contributed by atoms with Crippen molar-refractivity contribution in [2.75, 3.05) is 20.1 Å². The number of rotatable bonds is 5. The number of hydrogen-bond donors (Lipinski definition) is 0. The van der Waals surface area contributed by atoms with Gasteiger partial charge in [0.2, 0.25) is 0 Å². The Morgan fingerprint density at radius 3 is 2.77 bits per heavy atom. The summed E-state index contributed by atoms with van der Waals surface area (Å²) in [7, 11) is 2.19. The van der Waals surface area contributed by atoms with Gasteiger partial charge >= 0.3 is 0 Å². The Labute approximate surface area is 155 Å². The van der Waals surface area contributed by atoms with Crippen LogP contribution in [0, 0.1) is 0 Å². The lowest BCUT2D eigenvalue weighted by Gasteiger charge is -2.27. The highest BCUT2D eigenvalue weighted by Crippen LogP contribution is 2.40. The molecule has 26 heavy (non-hydrogen) atoms. The first-order valence-electron chi connectivity index (χ1n) is 9.71. The largest absolute Gasteiger partial charge is 0.360 e. The van der Waals surface area contributed by atoms with Crippen molar-refractivity contribution in [2.24, 2.45) is 0 Å². The summed E-state index contributed by atoms with van der Waals surface area (Å²) in [5.41, 5.74) is 1.81. The van der Waals surface area contributed by atoms with Crippen LogP contribution in [0.4, 0.5) is 0 Å². The monoisotopic (exact) mass is 353 g/mol. The molecule has 1 saturated heterocycles. The van der Waals surface area contributed by atoms with Gasteiger partial charge in [-0.25, -0.2) is 0 Å². The fraction of sp³-hybridized carbons (Fsp3) is 0.524. The van der Waals surface area contributed by atoms with E-state index in [-0.39, 0.29) is 5.91 Å². The van der Waals surface area contributed by atoms with E-state index in [0.29, 0.717) is 17.7 Å². The lowest BCUT2D eigenvalue weighted by molar-refractivity contribution is 0.0747. The third-order valence-corrected chi connectivity index (χ3v) is 5.61. The molecule has 0 bridgehead atoms. The number of amides is 1. The molecule has 4 rings (SSSR count). The van der Waals surface area contributed by atoms with Crippen molar-refractivity contribution < 1.29 is 9.32 Å². The van der Waals surface area contributed by atoms with Crippen LogP contribution in [0.15, 0.2) is 40.9 Å². The van der Waals surface area contributed by atoms with Gasteiger partial charge in [-0.1, -0.05) is 35.5 Å². The second-order valence-corrected chi connectivity index (χ2v) is 7.67. The van der Waals surface area contributed by atoms with Gasteiger partial charge in [-0.2, -0.15) is 0 Å². The van der Waals surface area contributed by atoms with Crippen molar-refractivity contribution in [3.63, 3.8) is 0 Å². The zero-order valence-corrected chi connectivity index (χ0v) is 15.4. The third-order valence-electron chi connectivity index (χ3n) is 5.61. The molecule has 1 aliphatic carbocycles. The topological polar surface area (TPSA) is 49.6 Å². The van der Waals surface area contributed by atoms with Crippen molar-refractivity contribution in [1.82, 2.24) is 15.0 Å². The summed E-state index contributed by atoms with van der Waals surface area (Å²) in [5, 5.41) is 4.02. The van der Waals surface area contributed by atoms with Gasteiger partial charge in [0.15, 0.2) is 5.69 Å². The van der Waals surface area contributed by atoms with Gasteiger partial charge < -0.3 is 9.42 Å². The number of nitrogens with zero attached hydrogens (tertiary/aromatic N) is 3. The summed E-state index contributed by atoms with van der Waals surface area (Å²) >= 11 is 0. The van der Waals surface area contributed by atoms with Gasteiger partial charge in [0.1, 0.15) is 5.76 Å². The molecule has 2 fully saturated rings. The number of likely N-dealkylation sites (tertiary alicyclic amines) is 1. The Kier molecular flexibility index (Phi) is 5.07. The minimum absolute atomic E-state index is 0.0204. The van der Waals surface area contributed by atoms with Gasteiger partial charge in [-0.3, -0.25) is 9.69 Å². The van der Waals surface area contributed by atoms with E-state index in [4.69, 9.17) is 4.52 Å². The molecule has 1 saturated carbocycles. The van der Waals surface area contributed by atoms with Crippen LogP contribution in [-0.4, -0.2) is 47.0 Å². The normalized spacial score (nSPS) is 21.0. The van der Waals surface area contributed by atoms with Crippen LogP contribution in [0.1, 0.15) is 59.8 Å². The molecule has 0 radical (unpaired) electrons. The molecule has 0 N–H and O–H groups in total. The standard InChI is InChI=1S/C21H27N3O2/c1-23(15-16-6-3-2-4-7-16)18-8-5-12-24(13-11-18)21(25)19-14-20(26-22-19)17-9-10-17/h2-4,6-7,14,17-18H,5,8-13,15H2,1H3/t18-/m1/s1. The Bertz CT molecular complexity index is 739. The van der Waals surface area contributed by atoms with E-state index in [1.165, 1.54) is 5.56 Å². The van der Waals surface area contributed by atoms with E-state index < -0.39 is 0 Å². The Morgan fingerprint density at radius 1 is 1.19 bits per heavy atom. The Balaban J connectivity index is 1.34. The molecule has 1 atom stereocenters. The third kappa shape index (κ3) is 3.98. The highest BCUT2D eigenvalue weighted by atomic mass is 16.5. The van der Waals surface area contributed by atoms with Crippen LogP contribution in [0.25, 0.3) is 0 Å². The average molecular weight is 353 g/mol. The van der Waals surface area contributed by atoms with E-state index in [1.807, 2.05) is 11.0 Å². The maximum absolute atomic E-state index is 12.8. The number of aromatic nitrogens is 1. The number of carbonyl (C=O) groups excluding carboxylic acids is 1. The fourth-order valence-corrected chi connectivity index (χ4v) is 3.84. The molecule has 1 aromatic carbocycles. The summed E-state index contributed by atoms with van der Waals surface area (Å²) in [6.07, 6.45) is 5.47. The molecule has 0 spiro atoms. The molecule has 1 aromatic heterocycles. The van der Waals surface area contributed by atoms with Crippen molar-refractivity contribution in [2.45, 2.75) is 50.6 Å². The van der Waals surface area contributed by atoms with E-state index in [2.05, 4.69) is 47.4 Å². The fourth-order valence-electron chi connectivity index (χ4n) is 3.84. The number of benzene rings is 1. The molecular formula is C21H27N3O2. The van der Waals surface area contributed by atoms with Crippen LogP contribution >= 0.6 is 0 Å². The van der Waals surface area contributed by atoms with Gasteiger partial charge in [-0.15, -0.1) is 0 Å². The zero-order chi connectivity index (χ0) is 17.9. The first kappa shape index (κ1) is 17.3. The molecule has 1 amide bonds. The quantitative estimate of drug-likeness (QED) is 0.823. The van der Waals surface area contributed by atoms with E-state index in [9.17, 15) is 4.79 Å². The molecule has 0 unspecified atom stereocenters. The maximum atomic E-state index is 12.8. The smallest absolute Gasteiger partial charge is 0.276 e. The van der Waals surface area contributed by atoms with Gasteiger partial charge in [0, 0.05) is 37.7 Å². The van der Waals surface area contributed by atoms with Crippen LogP contribution in [0.3, 0.4) is 0 Å². The minimum Gasteiger partial charge on any atom is -0.360 e. The SMILES string of the molecule is CN(Cc1ccccc1)[C@@H]1CCCN(C(=O)c2cc(C3CC3)on2)CC1. The highest BCUT2D eigenvalue weighted by Gasteiger charge is 2.30. The van der Waals surface area contributed by atoms with E-state index >= 15 is 0 Å². The molecule has 2 heterocycles. The second-order valence-electron chi connectivity index (χ2n) is 7.67. The Hall–Kier alpha value is -2.14. The molecule has 2 aromatic rings. The molecular weight excluding hydrogens is 326 g/mol. The molecule has 2 aliphatic rings. The molecule has 5 nitrogen and oxygen atoms in total. The van der Waals surface area contributed by atoms with Crippen molar-refractivity contribution in [1.29, 1.82) is 0 Å². The number of carbonyl (C=O) groups is 1. The van der Waals surface area contributed by atoms with E-state index in [1.54, 1.807) is 0 Å². The summed E-state index contributed by atoms with van der Waals surface area (Å²) in [5.74, 6) is 1.39. The van der Waals surface area contributed by atoms with Crippen LogP contribution in [0.5, 0.6) is 0 Å². The molecule has 5 heteroatoms. The zero-order valence-electron chi connectivity index (χ0n) is 15.4. The van der Waals surface area contributed by atoms with Crippen LogP contribution in [0.2, 0.25) is 0 Å². The van der Waals surface area contributed by atoms with Gasteiger partial charge in [0.25, 0.3) is 5.91 Å². The predicted molar refractivity (Wildman–Crippen MR) is 99.9 cm³/mol. The second kappa shape index (κ2) is 7.62. The lowest BCUT2D eigenvalue weighted by Crippen LogP contribution is -2.35. The van der Waals surface area contributed by atoms with Crippen LogP contribution in [-0.2, 0) is 6.54 Å². The molecule has 1 aliphatic heterocycles. The van der Waals surface area contributed by atoms with Gasteiger partial charge in [0.05, 0.1) is 0 Å². The highest BCUT2D eigenvalue weighted by molar-refractivity contribution is 5.92. The van der Waals surface area contributed by atoms with E-state index in [0.717, 1.165) is 57.5 Å². The lowest BCUT2D eigenvalue weighted by atomic mass is 10.1. The first-order valence-corrected chi connectivity index (χ1v) is 9.71. The first-order chi connectivity index (χ1) is 12.7. The van der Waals surface area contributed by atoms with Crippen molar-refractivity contribution in [3.8, 4) is 0 Å². The van der Waals surface area contributed by atoms with Crippen LogP contribution < -0.4 is 0 Å².